The summed E-state index contributed by atoms with van der Waals surface area (Å²) in [6.45, 7) is 5.01. The standard InChI is InChI=1S/C10H12BrN3O3S2/c1-6-12-9(13-17-6)10(2,3)14-19(15,16)8-5-4-7(11)18-8/h4-5,14H,1-3H3. The molecule has 0 radical (unpaired) electrons. The lowest BCUT2D eigenvalue weighted by molar-refractivity contribution is 0.363. The van der Waals surface area contributed by atoms with Gasteiger partial charge in [-0.15, -0.1) is 11.3 Å². The van der Waals surface area contributed by atoms with Crippen molar-refractivity contribution >= 4 is 37.3 Å². The molecule has 19 heavy (non-hydrogen) atoms. The van der Waals surface area contributed by atoms with Crippen LogP contribution in [0.3, 0.4) is 0 Å². The molecule has 0 aliphatic heterocycles. The van der Waals surface area contributed by atoms with Crippen LogP contribution in [0.1, 0.15) is 25.6 Å². The number of hydrogen-bond donors (Lipinski definition) is 1. The Kier molecular flexibility index (Phi) is 3.83. The van der Waals surface area contributed by atoms with E-state index < -0.39 is 15.6 Å². The van der Waals surface area contributed by atoms with Crippen molar-refractivity contribution in [3.8, 4) is 0 Å². The van der Waals surface area contributed by atoms with E-state index in [9.17, 15) is 8.42 Å². The van der Waals surface area contributed by atoms with Gasteiger partial charge in [-0.25, -0.2) is 8.42 Å². The zero-order valence-electron chi connectivity index (χ0n) is 10.5. The van der Waals surface area contributed by atoms with E-state index >= 15 is 0 Å². The first kappa shape index (κ1) is 14.6. The SMILES string of the molecule is Cc1nc(C(C)(C)NS(=O)(=O)c2ccc(Br)s2)no1. The van der Waals surface area contributed by atoms with Gasteiger partial charge in [-0.2, -0.15) is 9.71 Å². The third-order valence-electron chi connectivity index (χ3n) is 2.29. The Bertz CT molecular complexity index is 690. The topological polar surface area (TPSA) is 85.1 Å². The average Bonchev–Trinajstić information content (AvgIpc) is 2.86. The molecule has 9 heteroatoms. The Morgan fingerprint density at radius 3 is 2.58 bits per heavy atom. The highest BCUT2D eigenvalue weighted by Gasteiger charge is 2.32. The van der Waals surface area contributed by atoms with Gasteiger partial charge in [-0.1, -0.05) is 5.16 Å². The highest BCUT2D eigenvalue weighted by Crippen LogP contribution is 2.28. The second-order valence-corrected chi connectivity index (χ2v) is 8.80. The van der Waals surface area contributed by atoms with Crippen LogP contribution in [0.25, 0.3) is 0 Å². The molecule has 0 unspecified atom stereocenters. The fraction of sp³-hybridized carbons (Fsp3) is 0.400. The molecule has 0 amide bonds. The Morgan fingerprint density at radius 2 is 2.11 bits per heavy atom. The minimum absolute atomic E-state index is 0.229. The van der Waals surface area contributed by atoms with Crippen molar-refractivity contribution in [2.75, 3.05) is 0 Å². The van der Waals surface area contributed by atoms with Crippen LogP contribution in [0, 0.1) is 6.92 Å². The van der Waals surface area contributed by atoms with Crippen LogP contribution in [0.4, 0.5) is 0 Å². The van der Waals surface area contributed by atoms with Crippen LogP contribution >= 0.6 is 27.3 Å². The van der Waals surface area contributed by atoms with E-state index in [1.807, 2.05) is 0 Å². The second-order valence-electron chi connectivity index (χ2n) is 4.43. The number of aryl methyl sites for hydroxylation is 1. The molecule has 0 aliphatic carbocycles. The van der Waals surface area contributed by atoms with Crippen molar-refractivity contribution < 1.29 is 12.9 Å². The molecule has 2 heterocycles. The molecular weight excluding hydrogens is 354 g/mol. The van der Waals surface area contributed by atoms with Crippen LogP contribution in [0.15, 0.2) is 24.7 Å². The molecule has 0 atom stereocenters. The molecule has 2 rings (SSSR count). The van der Waals surface area contributed by atoms with Crippen LogP contribution in [0.5, 0.6) is 0 Å². The van der Waals surface area contributed by atoms with Crippen LogP contribution in [-0.2, 0) is 15.6 Å². The molecule has 2 aromatic rings. The highest BCUT2D eigenvalue weighted by molar-refractivity contribution is 9.11. The number of halogens is 1. The molecule has 0 aliphatic rings. The number of rotatable bonds is 4. The third kappa shape index (κ3) is 3.22. The lowest BCUT2D eigenvalue weighted by Crippen LogP contribution is -2.41. The van der Waals surface area contributed by atoms with E-state index in [4.69, 9.17) is 4.52 Å². The Balaban J connectivity index is 2.29. The van der Waals surface area contributed by atoms with E-state index in [-0.39, 0.29) is 4.21 Å². The molecule has 2 aromatic heterocycles. The van der Waals surface area contributed by atoms with Crippen LogP contribution in [-0.4, -0.2) is 18.6 Å². The molecule has 104 valence electrons. The van der Waals surface area contributed by atoms with Crippen molar-refractivity contribution in [3.05, 3.63) is 27.6 Å². The fourth-order valence-electron chi connectivity index (χ4n) is 1.43. The van der Waals surface area contributed by atoms with Gasteiger partial charge in [0.1, 0.15) is 4.21 Å². The quantitative estimate of drug-likeness (QED) is 0.898. The van der Waals surface area contributed by atoms with Gasteiger partial charge in [-0.05, 0) is 41.9 Å². The molecular formula is C10H12BrN3O3S2. The maximum atomic E-state index is 12.2. The molecule has 0 fully saturated rings. The number of aromatic nitrogens is 2. The summed E-state index contributed by atoms with van der Waals surface area (Å²) < 4.78 is 32.9. The van der Waals surface area contributed by atoms with Crippen molar-refractivity contribution in [1.82, 2.24) is 14.9 Å². The zero-order valence-corrected chi connectivity index (χ0v) is 13.7. The summed E-state index contributed by atoms with van der Waals surface area (Å²) >= 11 is 4.38. The molecule has 0 bridgehead atoms. The molecule has 0 saturated carbocycles. The van der Waals surface area contributed by atoms with Gasteiger partial charge in [0, 0.05) is 6.92 Å². The van der Waals surface area contributed by atoms with Crippen molar-refractivity contribution in [1.29, 1.82) is 0 Å². The average molecular weight is 366 g/mol. The summed E-state index contributed by atoms with van der Waals surface area (Å²) in [4.78, 5) is 4.05. The summed E-state index contributed by atoms with van der Waals surface area (Å²) in [5, 5.41) is 3.75. The summed E-state index contributed by atoms with van der Waals surface area (Å²) in [5.41, 5.74) is -0.951. The van der Waals surface area contributed by atoms with E-state index in [0.717, 1.165) is 15.1 Å². The van der Waals surface area contributed by atoms with Crippen molar-refractivity contribution in [3.63, 3.8) is 0 Å². The summed E-state index contributed by atoms with van der Waals surface area (Å²) in [6.07, 6.45) is 0. The van der Waals surface area contributed by atoms with Crippen molar-refractivity contribution in [2.24, 2.45) is 0 Å². The molecule has 0 spiro atoms. The first-order valence-corrected chi connectivity index (χ1v) is 8.40. The minimum Gasteiger partial charge on any atom is -0.340 e. The zero-order chi connectivity index (χ0) is 14.3. The second kappa shape index (κ2) is 4.97. The molecule has 0 aromatic carbocycles. The van der Waals surface area contributed by atoms with Gasteiger partial charge in [-0.3, -0.25) is 0 Å². The van der Waals surface area contributed by atoms with Gasteiger partial charge in [0.15, 0.2) is 5.82 Å². The summed E-state index contributed by atoms with van der Waals surface area (Å²) in [5.74, 6) is 0.685. The maximum absolute atomic E-state index is 12.2. The first-order valence-electron chi connectivity index (χ1n) is 5.31. The minimum atomic E-state index is -3.62. The number of thiophene rings is 1. The number of sulfonamides is 1. The predicted molar refractivity (Wildman–Crippen MR) is 74.4 cm³/mol. The predicted octanol–water partition coefficient (Wildman–Crippen LogP) is 2.42. The number of nitrogens with zero attached hydrogens (tertiary/aromatic N) is 2. The van der Waals surface area contributed by atoms with E-state index in [0.29, 0.717) is 11.7 Å². The summed E-state index contributed by atoms with van der Waals surface area (Å²) in [6, 6.07) is 3.22. The van der Waals surface area contributed by atoms with Gasteiger partial charge >= 0.3 is 0 Å². The molecule has 1 N–H and O–H groups in total. The molecule has 0 saturated heterocycles. The van der Waals surface area contributed by atoms with E-state index in [2.05, 4.69) is 30.8 Å². The first-order chi connectivity index (χ1) is 8.71. The van der Waals surface area contributed by atoms with Crippen molar-refractivity contribution in [2.45, 2.75) is 30.5 Å². The molecule has 6 nitrogen and oxygen atoms in total. The maximum Gasteiger partial charge on any atom is 0.250 e. The Hall–Kier alpha value is -0.770. The highest BCUT2D eigenvalue weighted by atomic mass is 79.9. The van der Waals surface area contributed by atoms with E-state index in [1.165, 1.54) is 6.07 Å². The normalized spacial score (nSPS) is 12.8. The van der Waals surface area contributed by atoms with E-state index in [1.54, 1.807) is 26.8 Å². The third-order valence-corrected chi connectivity index (χ3v) is 6.06. The lowest BCUT2D eigenvalue weighted by atomic mass is 10.1. The largest absolute Gasteiger partial charge is 0.340 e. The lowest BCUT2D eigenvalue weighted by Gasteiger charge is -2.21. The van der Waals surface area contributed by atoms with Gasteiger partial charge in [0.25, 0.3) is 10.0 Å². The fourth-order valence-corrected chi connectivity index (χ4v) is 4.81. The number of nitrogens with one attached hydrogen (secondary N) is 1. The van der Waals surface area contributed by atoms with Crippen LogP contribution < -0.4 is 4.72 Å². The van der Waals surface area contributed by atoms with Gasteiger partial charge in [0.05, 0.1) is 9.33 Å². The number of hydrogen-bond acceptors (Lipinski definition) is 6. The Labute approximate surface area is 123 Å². The van der Waals surface area contributed by atoms with Crippen LogP contribution in [0.2, 0.25) is 0 Å². The summed E-state index contributed by atoms with van der Waals surface area (Å²) in [7, 11) is -3.62. The van der Waals surface area contributed by atoms with Gasteiger partial charge < -0.3 is 4.52 Å². The monoisotopic (exact) mass is 365 g/mol. The smallest absolute Gasteiger partial charge is 0.250 e. The van der Waals surface area contributed by atoms with Gasteiger partial charge in [0.2, 0.25) is 5.89 Å². The Morgan fingerprint density at radius 1 is 1.42 bits per heavy atom.